The predicted octanol–water partition coefficient (Wildman–Crippen LogP) is 1.67. The highest BCUT2D eigenvalue weighted by Gasteiger charge is 1.98. The molecule has 0 atom stereocenters. The molecule has 0 bridgehead atoms. The quantitative estimate of drug-likeness (QED) is 0.380. The number of amides is 1. The van der Waals surface area contributed by atoms with Crippen LogP contribution in [0.3, 0.4) is 0 Å². The Morgan fingerprint density at radius 1 is 1.22 bits per heavy atom. The summed E-state index contributed by atoms with van der Waals surface area (Å²) in [6.45, 7) is 1.06. The van der Waals surface area contributed by atoms with Crippen LogP contribution in [0.15, 0.2) is 24.3 Å². The van der Waals surface area contributed by atoms with Gasteiger partial charge in [0.05, 0.1) is 5.75 Å². The lowest BCUT2D eigenvalue weighted by atomic mass is 10.3. The molecule has 0 aliphatic heterocycles. The summed E-state index contributed by atoms with van der Waals surface area (Å²) in [5.41, 5.74) is 0.858. The summed E-state index contributed by atoms with van der Waals surface area (Å²) in [7, 11) is 0. The SMILES string of the molecule is O=C(CS)NCCNC(=S)Nc1ccc(Cl)cc1. The number of thiocarbonyl (C=S) groups is 1. The molecule has 4 nitrogen and oxygen atoms in total. The number of thiol groups is 1. The van der Waals surface area contributed by atoms with E-state index in [0.29, 0.717) is 23.2 Å². The first-order chi connectivity index (χ1) is 8.61. The lowest BCUT2D eigenvalue weighted by molar-refractivity contribution is -0.118. The molecule has 0 aromatic heterocycles. The van der Waals surface area contributed by atoms with Crippen molar-refractivity contribution in [1.82, 2.24) is 10.6 Å². The van der Waals surface area contributed by atoms with E-state index in [0.717, 1.165) is 5.69 Å². The number of halogens is 1. The number of benzene rings is 1. The Morgan fingerprint density at radius 3 is 2.44 bits per heavy atom. The molecule has 0 aliphatic carbocycles. The number of carbonyl (C=O) groups is 1. The molecule has 0 heterocycles. The Kier molecular flexibility index (Phi) is 6.85. The first-order valence-corrected chi connectivity index (χ1v) is 6.71. The van der Waals surface area contributed by atoms with Crippen molar-refractivity contribution < 1.29 is 4.79 Å². The average Bonchev–Trinajstić information content (AvgIpc) is 2.37. The molecule has 1 rings (SSSR count). The van der Waals surface area contributed by atoms with Gasteiger partial charge in [0.25, 0.3) is 0 Å². The second kappa shape index (κ2) is 8.18. The van der Waals surface area contributed by atoms with Crippen LogP contribution in [0.25, 0.3) is 0 Å². The molecule has 0 unspecified atom stereocenters. The summed E-state index contributed by atoms with van der Waals surface area (Å²) in [6.07, 6.45) is 0. The van der Waals surface area contributed by atoms with E-state index >= 15 is 0 Å². The zero-order chi connectivity index (χ0) is 13.4. The summed E-state index contributed by atoms with van der Waals surface area (Å²) in [6, 6.07) is 7.22. The van der Waals surface area contributed by atoms with Crippen LogP contribution in [0.2, 0.25) is 5.02 Å². The lowest BCUT2D eigenvalue weighted by Crippen LogP contribution is -2.37. The first-order valence-electron chi connectivity index (χ1n) is 5.30. The van der Waals surface area contributed by atoms with E-state index in [-0.39, 0.29) is 11.7 Å². The number of hydrogen-bond acceptors (Lipinski definition) is 3. The standard InChI is InChI=1S/C11H14ClN3OS2/c12-8-1-3-9(4-2-8)15-11(18)14-6-5-13-10(16)7-17/h1-4,17H,5-7H2,(H,13,16)(H2,14,15,18). The summed E-state index contributed by atoms with van der Waals surface area (Å²) in [4.78, 5) is 10.9. The van der Waals surface area contributed by atoms with Crippen LogP contribution in [-0.4, -0.2) is 29.9 Å². The van der Waals surface area contributed by atoms with Crippen LogP contribution in [0.1, 0.15) is 0 Å². The van der Waals surface area contributed by atoms with Gasteiger partial charge in [0.2, 0.25) is 5.91 Å². The largest absolute Gasteiger partial charge is 0.361 e. The lowest BCUT2D eigenvalue weighted by Gasteiger charge is -2.10. The minimum Gasteiger partial charge on any atom is -0.361 e. The van der Waals surface area contributed by atoms with Crippen molar-refractivity contribution in [1.29, 1.82) is 0 Å². The van der Waals surface area contributed by atoms with Gasteiger partial charge in [0, 0.05) is 23.8 Å². The monoisotopic (exact) mass is 303 g/mol. The Bertz CT molecular complexity index is 411. The van der Waals surface area contributed by atoms with Gasteiger partial charge in [-0.3, -0.25) is 4.79 Å². The zero-order valence-corrected chi connectivity index (χ0v) is 12.0. The summed E-state index contributed by atoms with van der Waals surface area (Å²) < 4.78 is 0. The highest BCUT2D eigenvalue weighted by molar-refractivity contribution is 7.81. The molecule has 98 valence electrons. The van der Waals surface area contributed by atoms with E-state index in [1.807, 2.05) is 12.1 Å². The van der Waals surface area contributed by atoms with E-state index in [4.69, 9.17) is 23.8 Å². The number of nitrogens with one attached hydrogen (secondary N) is 3. The van der Waals surface area contributed by atoms with Crippen LogP contribution < -0.4 is 16.0 Å². The summed E-state index contributed by atoms with van der Waals surface area (Å²) in [5.74, 6) is 0.0877. The predicted molar refractivity (Wildman–Crippen MR) is 82.5 cm³/mol. The molecule has 7 heteroatoms. The van der Waals surface area contributed by atoms with Crippen molar-refractivity contribution >= 4 is 53.2 Å². The van der Waals surface area contributed by atoms with Gasteiger partial charge in [-0.2, -0.15) is 12.6 Å². The van der Waals surface area contributed by atoms with Crippen LogP contribution >= 0.6 is 36.4 Å². The average molecular weight is 304 g/mol. The Balaban J connectivity index is 2.21. The number of anilines is 1. The third-order valence-electron chi connectivity index (χ3n) is 1.98. The van der Waals surface area contributed by atoms with Gasteiger partial charge in [-0.15, -0.1) is 0 Å². The van der Waals surface area contributed by atoms with Crippen LogP contribution in [0.4, 0.5) is 5.69 Å². The van der Waals surface area contributed by atoms with E-state index in [1.165, 1.54) is 0 Å². The molecule has 18 heavy (non-hydrogen) atoms. The van der Waals surface area contributed by atoms with Crippen LogP contribution in [0.5, 0.6) is 0 Å². The maximum absolute atomic E-state index is 10.9. The minimum absolute atomic E-state index is 0.100. The summed E-state index contributed by atoms with van der Waals surface area (Å²) >= 11 is 14.7. The molecular weight excluding hydrogens is 290 g/mol. The summed E-state index contributed by atoms with van der Waals surface area (Å²) in [5, 5.41) is 9.83. The van der Waals surface area contributed by atoms with E-state index < -0.39 is 0 Å². The fourth-order valence-corrected chi connectivity index (χ4v) is 1.60. The molecule has 0 saturated carbocycles. The van der Waals surface area contributed by atoms with Gasteiger partial charge >= 0.3 is 0 Å². The highest BCUT2D eigenvalue weighted by Crippen LogP contribution is 2.12. The normalized spacial score (nSPS) is 9.67. The molecule has 0 spiro atoms. The molecule has 1 aromatic rings. The van der Waals surface area contributed by atoms with Crippen molar-refractivity contribution in [3.63, 3.8) is 0 Å². The van der Waals surface area contributed by atoms with Gasteiger partial charge in [-0.05, 0) is 36.5 Å². The van der Waals surface area contributed by atoms with E-state index in [9.17, 15) is 4.79 Å². The van der Waals surface area contributed by atoms with E-state index in [1.54, 1.807) is 12.1 Å². The zero-order valence-electron chi connectivity index (χ0n) is 9.57. The van der Waals surface area contributed by atoms with Crippen LogP contribution in [-0.2, 0) is 4.79 Å². The van der Waals surface area contributed by atoms with Crippen molar-refractivity contribution in [2.45, 2.75) is 0 Å². The molecule has 0 fully saturated rings. The van der Waals surface area contributed by atoms with Gasteiger partial charge in [0.15, 0.2) is 5.11 Å². The van der Waals surface area contributed by atoms with Crippen molar-refractivity contribution in [3.8, 4) is 0 Å². The topological polar surface area (TPSA) is 53.2 Å². The van der Waals surface area contributed by atoms with Gasteiger partial charge < -0.3 is 16.0 Å². The second-order valence-electron chi connectivity index (χ2n) is 3.40. The second-order valence-corrected chi connectivity index (χ2v) is 4.56. The third kappa shape index (κ3) is 6.09. The Labute approximate surface area is 122 Å². The molecule has 1 amide bonds. The number of carbonyl (C=O) groups excluding carboxylic acids is 1. The molecule has 3 N–H and O–H groups in total. The van der Waals surface area contributed by atoms with E-state index in [2.05, 4.69) is 28.6 Å². The molecule has 0 saturated heterocycles. The first kappa shape index (κ1) is 15.1. The van der Waals surface area contributed by atoms with Crippen molar-refractivity contribution in [2.75, 3.05) is 24.2 Å². The smallest absolute Gasteiger partial charge is 0.229 e. The highest BCUT2D eigenvalue weighted by atomic mass is 35.5. The van der Waals surface area contributed by atoms with Crippen molar-refractivity contribution in [2.24, 2.45) is 0 Å². The van der Waals surface area contributed by atoms with Gasteiger partial charge in [-0.1, -0.05) is 11.6 Å². The number of hydrogen-bond donors (Lipinski definition) is 4. The fraction of sp³-hybridized carbons (Fsp3) is 0.273. The minimum atomic E-state index is -0.100. The molecule has 0 aliphatic rings. The maximum Gasteiger partial charge on any atom is 0.229 e. The Morgan fingerprint density at radius 2 is 1.83 bits per heavy atom. The van der Waals surface area contributed by atoms with Gasteiger partial charge in [-0.25, -0.2) is 0 Å². The van der Waals surface area contributed by atoms with Gasteiger partial charge in [0.1, 0.15) is 0 Å². The van der Waals surface area contributed by atoms with Crippen molar-refractivity contribution in [3.05, 3.63) is 29.3 Å². The molecule has 1 aromatic carbocycles. The fourth-order valence-electron chi connectivity index (χ4n) is 1.14. The number of rotatable bonds is 5. The Hall–Kier alpha value is -0.980. The molecular formula is C11H14ClN3OS2. The maximum atomic E-state index is 10.9. The van der Waals surface area contributed by atoms with Crippen LogP contribution in [0, 0.1) is 0 Å². The molecule has 0 radical (unpaired) electrons. The third-order valence-corrected chi connectivity index (χ3v) is 2.76.